The molecule has 0 bridgehead atoms. The molecule has 1 aliphatic heterocycles. The summed E-state index contributed by atoms with van der Waals surface area (Å²) in [5.41, 5.74) is 0.109. The molecule has 1 heterocycles. The van der Waals surface area contributed by atoms with Crippen LogP contribution in [0.3, 0.4) is 0 Å². The van der Waals surface area contributed by atoms with Crippen LogP contribution in [0.5, 0.6) is 0 Å². The molecule has 2 heteroatoms. The highest BCUT2D eigenvalue weighted by Crippen LogP contribution is 2.26. The van der Waals surface area contributed by atoms with Gasteiger partial charge >= 0.3 is 0 Å². The van der Waals surface area contributed by atoms with Crippen molar-refractivity contribution in [2.45, 2.75) is 52.9 Å². The third-order valence-electron chi connectivity index (χ3n) is 4.24. The zero-order chi connectivity index (χ0) is 12.0. The molecule has 0 aliphatic carbocycles. The number of aliphatic hydroxyl groups excluding tert-OH is 1. The molecule has 1 unspecified atom stereocenters. The second kappa shape index (κ2) is 6.61. The molecule has 0 aromatic carbocycles. The zero-order valence-corrected chi connectivity index (χ0v) is 11.3. The summed E-state index contributed by atoms with van der Waals surface area (Å²) in [6.07, 6.45) is 6.52. The Labute approximate surface area is 101 Å². The van der Waals surface area contributed by atoms with Crippen LogP contribution >= 0.6 is 0 Å². The van der Waals surface area contributed by atoms with Gasteiger partial charge in [0.05, 0.1) is 0 Å². The Kier molecular flexibility index (Phi) is 5.77. The summed E-state index contributed by atoms with van der Waals surface area (Å²) in [5.74, 6) is 0.961. The molecule has 96 valence electrons. The Balaban J connectivity index is 2.31. The highest BCUT2D eigenvalue weighted by atomic mass is 16.3. The molecule has 0 aromatic rings. The van der Waals surface area contributed by atoms with E-state index in [9.17, 15) is 5.11 Å². The van der Waals surface area contributed by atoms with Crippen molar-refractivity contribution in [3.63, 3.8) is 0 Å². The number of nitrogens with zero attached hydrogens (tertiary/aromatic N) is 1. The fourth-order valence-electron chi connectivity index (χ4n) is 2.65. The van der Waals surface area contributed by atoms with Gasteiger partial charge in [-0.15, -0.1) is 0 Å². The molecule has 1 fully saturated rings. The summed E-state index contributed by atoms with van der Waals surface area (Å²) in [4.78, 5) is 2.55. The molecule has 1 atom stereocenters. The van der Waals surface area contributed by atoms with Crippen LogP contribution in [0.4, 0.5) is 0 Å². The van der Waals surface area contributed by atoms with Gasteiger partial charge in [0.15, 0.2) is 0 Å². The molecule has 0 saturated carbocycles. The highest BCUT2D eigenvalue weighted by molar-refractivity contribution is 4.80. The minimum absolute atomic E-state index is 0.109. The van der Waals surface area contributed by atoms with Crippen molar-refractivity contribution in [3.8, 4) is 0 Å². The van der Waals surface area contributed by atoms with E-state index in [1.807, 2.05) is 0 Å². The second-order valence-corrected chi connectivity index (χ2v) is 5.83. The third kappa shape index (κ3) is 4.06. The van der Waals surface area contributed by atoms with Crippen LogP contribution in [-0.2, 0) is 0 Å². The van der Waals surface area contributed by atoms with Gasteiger partial charge in [0.1, 0.15) is 0 Å². The van der Waals surface area contributed by atoms with E-state index in [4.69, 9.17) is 0 Å². The van der Waals surface area contributed by atoms with E-state index in [1.54, 1.807) is 0 Å². The Morgan fingerprint density at radius 1 is 1.25 bits per heavy atom. The first kappa shape index (κ1) is 14.0. The molecular formula is C14H29NO. The van der Waals surface area contributed by atoms with Crippen LogP contribution in [0.2, 0.25) is 0 Å². The Morgan fingerprint density at radius 2 is 1.88 bits per heavy atom. The zero-order valence-electron chi connectivity index (χ0n) is 11.3. The lowest BCUT2D eigenvalue weighted by atomic mass is 9.86. The van der Waals surface area contributed by atoms with Gasteiger partial charge in [-0.1, -0.05) is 33.6 Å². The van der Waals surface area contributed by atoms with Crippen molar-refractivity contribution in [1.29, 1.82) is 0 Å². The molecule has 0 spiro atoms. The van der Waals surface area contributed by atoms with E-state index in [1.165, 1.54) is 38.8 Å². The van der Waals surface area contributed by atoms with Crippen LogP contribution < -0.4 is 0 Å². The van der Waals surface area contributed by atoms with E-state index in [0.29, 0.717) is 6.61 Å². The first-order valence-corrected chi connectivity index (χ1v) is 6.96. The number of hydrogen-bond acceptors (Lipinski definition) is 2. The first-order valence-electron chi connectivity index (χ1n) is 6.96. The second-order valence-electron chi connectivity index (χ2n) is 5.83. The molecule has 16 heavy (non-hydrogen) atoms. The fraction of sp³-hybridized carbons (Fsp3) is 1.00. The largest absolute Gasteiger partial charge is 0.396 e. The molecule has 2 nitrogen and oxygen atoms in total. The minimum atomic E-state index is 0.109. The minimum Gasteiger partial charge on any atom is -0.396 e. The van der Waals surface area contributed by atoms with Gasteiger partial charge in [0.2, 0.25) is 0 Å². The average molecular weight is 227 g/mol. The van der Waals surface area contributed by atoms with Crippen molar-refractivity contribution in [1.82, 2.24) is 4.90 Å². The number of hydrogen-bond donors (Lipinski definition) is 1. The molecular weight excluding hydrogens is 198 g/mol. The monoisotopic (exact) mass is 227 g/mol. The summed E-state index contributed by atoms with van der Waals surface area (Å²) < 4.78 is 0. The van der Waals surface area contributed by atoms with Crippen LogP contribution in [0.25, 0.3) is 0 Å². The predicted octanol–water partition coefficient (Wildman–Crippen LogP) is 2.91. The van der Waals surface area contributed by atoms with E-state index in [-0.39, 0.29) is 5.41 Å². The quantitative estimate of drug-likeness (QED) is 0.754. The standard InChI is InChI=1S/C14H29NO/c1-4-6-13-7-9-15(10-8-13)11-14(3,5-2)12-16/h13,16H,4-12H2,1-3H3. The van der Waals surface area contributed by atoms with Gasteiger partial charge in [-0.25, -0.2) is 0 Å². The molecule has 1 saturated heterocycles. The summed E-state index contributed by atoms with van der Waals surface area (Å²) in [6.45, 7) is 10.5. The molecule has 0 aromatic heterocycles. The highest BCUT2D eigenvalue weighted by Gasteiger charge is 2.27. The Bertz CT molecular complexity index is 181. The molecule has 0 radical (unpaired) electrons. The fourth-order valence-corrected chi connectivity index (χ4v) is 2.65. The van der Waals surface area contributed by atoms with E-state index in [0.717, 1.165) is 18.9 Å². The summed E-state index contributed by atoms with van der Waals surface area (Å²) in [6, 6.07) is 0. The number of piperidine rings is 1. The van der Waals surface area contributed by atoms with Crippen molar-refractivity contribution >= 4 is 0 Å². The normalized spacial score (nSPS) is 23.2. The molecule has 1 N–H and O–H groups in total. The lowest BCUT2D eigenvalue weighted by Crippen LogP contribution is -2.42. The summed E-state index contributed by atoms with van der Waals surface area (Å²) in [5, 5.41) is 9.43. The Hall–Kier alpha value is -0.0800. The van der Waals surface area contributed by atoms with Crippen molar-refractivity contribution < 1.29 is 5.11 Å². The van der Waals surface area contributed by atoms with Gasteiger partial charge in [0, 0.05) is 18.6 Å². The van der Waals surface area contributed by atoms with Crippen LogP contribution in [-0.4, -0.2) is 36.2 Å². The third-order valence-corrected chi connectivity index (χ3v) is 4.24. The number of rotatable bonds is 6. The molecule has 0 amide bonds. The van der Waals surface area contributed by atoms with Gasteiger partial charge in [-0.2, -0.15) is 0 Å². The van der Waals surface area contributed by atoms with Crippen molar-refractivity contribution in [2.24, 2.45) is 11.3 Å². The SMILES string of the molecule is CCCC1CCN(CC(C)(CC)CO)CC1. The van der Waals surface area contributed by atoms with Crippen molar-refractivity contribution in [2.75, 3.05) is 26.2 Å². The summed E-state index contributed by atoms with van der Waals surface area (Å²) in [7, 11) is 0. The van der Waals surface area contributed by atoms with Gasteiger partial charge in [-0.3, -0.25) is 0 Å². The lowest BCUT2D eigenvalue weighted by molar-refractivity contribution is 0.0654. The lowest BCUT2D eigenvalue weighted by Gasteiger charge is -2.38. The van der Waals surface area contributed by atoms with Gasteiger partial charge in [0.25, 0.3) is 0 Å². The van der Waals surface area contributed by atoms with Gasteiger partial charge < -0.3 is 10.0 Å². The van der Waals surface area contributed by atoms with E-state index >= 15 is 0 Å². The van der Waals surface area contributed by atoms with Crippen LogP contribution in [0.1, 0.15) is 52.9 Å². The number of likely N-dealkylation sites (tertiary alicyclic amines) is 1. The van der Waals surface area contributed by atoms with E-state index in [2.05, 4.69) is 25.7 Å². The maximum absolute atomic E-state index is 9.43. The van der Waals surface area contributed by atoms with Crippen molar-refractivity contribution in [3.05, 3.63) is 0 Å². The van der Waals surface area contributed by atoms with Crippen LogP contribution in [0.15, 0.2) is 0 Å². The van der Waals surface area contributed by atoms with E-state index < -0.39 is 0 Å². The topological polar surface area (TPSA) is 23.5 Å². The smallest absolute Gasteiger partial charge is 0.0496 e. The molecule has 1 aliphatic rings. The van der Waals surface area contributed by atoms with Crippen LogP contribution in [0, 0.1) is 11.3 Å². The maximum Gasteiger partial charge on any atom is 0.0496 e. The predicted molar refractivity (Wildman–Crippen MR) is 69.6 cm³/mol. The molecule has 1 rings (SSSR count). The first-order chi connectivity index (χ1) is 7.63. The Morgan fingerprint density at radius 3 is 2.31 bits per heavy atom. The van der Waals surface area contributed by atoms with Gasteiger partial charge in [-0.05, 0) is 38.3 Å². The average Bonchev–Trinajstić information content (AvgIpc) is 2.32. The maximum atomic E-state index is 9.43. The number of aliphatic hydroxyl groups is 1. The summed E-state index contributed by atoms with van der Waals surface area (Å²) >= 11 is 0.